The SMILES string of the molecule is CN(Cc1cccc(Br)c1)C(=O)CCOC1CCNCC1. The van der Waals surface area contributed by atoms with Gasteiger partial charge in [-0.2, -0.15) is 0 Å². The Balaban J connectivity index is 1.69. The van der Waals surface area contributed by atoms with E-state index < -0.39 is 0 Å². The van der Waals surface area contributed by atoms with E-state index in [1.807, 2.05) is 31.3 Å². The average Bonchev–Trinajstić information content (AvgIpc) is 2.48. The Bertz CT molecular complexity index is 461. The van der Waals surface area contributed by atoms with E-state index in [0.717, 1.165) is 36.0 Å². The molecular formula is C16H23BrN2O2. The number of nitrogens with one attached hydrogen (secondary N) is 1. The smallest absolute Gasteiger partial charge is 0.224 e. The zero-order valence-corrected chi connectivity index (χ0v) is 14.1. The lowest BCUT2D eigenvalue weighted by atomic mass is 10.1. The van der Waals surface area contributed by atoms with Crippen molar-refractivity contribution < 1.29 is 9.53 Å². The van der Waals surface area contributed by atoms with E-state index in [2.05, 4.69) is 21.2 Å². The zero-order chi connectivity index (χ0) is 15.1. The molecule has 1 aliphatic rings. The molecule has 1 aromatic carbocycles. The highest BCUT2D eigenvalue weighted by Crippen LogP contribution is 2.13. The number of halogens is 1. The van der Waals surface area contributed by atoms with Crippen LogP contribution in [0.1, 0.15) is 24.8 Å². The molecule has 5 heteroatoms. The Morgan fingerprint density at radius 2 is 2.19 bits per heavy atom. The van der Waals surface area contributed by atoms with Gasteiger partial charge in [0, 0.05) is 18.1 Å². The van der Waals surface area contributed by atoms with Crippen LogP contribution in [0.4, 0.5) is 0 Å². The predicted octanol–water partition coefficient (Wildman–Crippen LogP) is 2.57. The Morgan fingerprint density at radius 1 is 1.43 bits per heavy atom. The molecule has 1 aromatic rings. The summed E-state index contributed by atoms with van der Waals surface area (Å²) in [6, 6.07) is 8.03. The number of nitrogens with zero attached hydrogens (tertiary/aromatic N) is 1. The van der Waals surface area contributed by atoms with Crippen molar-refractivity contribution in [2.24, 2.45) is 0 Å². The lowest BCUT2D eigenvalue weighted by molar-refractivity contribution is -0.132. The Hall–Kier alpha value is -0.910. The summed E-state index contributed by atoms with van der Waals surface area (Å²) in [5.41, 5.74) is 1.12. The third-order valence-electron chi connectivity index (χ3n) is 3.69. The maximum absolute atomic E-state index is 12.1. The standard InChI is InChI=1S/C16H23BrN2O2/c1-19(12-13-3-2-4-14(17)11-13)16(20)7-10-21-15-5-8-18-9-6-15/h2-4,11,15,18H,5-10,12H2,1H3. The van der Waals surface area contributed by atoms with Gasteiger partial charge in [0.15, 0.2) is 0 Å². The number of ether oxygens (including phenoxy) is 1. The summed E-state index contributed by atoms with van der Waals surface area (Å²) in [4.78, 5) is 13.9. The molecule has 1 aliphatic heterocycles. The lowest BCUT2D eigenvalue weighted by Gasteiger charge is -2.23. The molecule has 116 valence electrons. The predicted molar refractivity (Wildman–Crippen MR) is 87.1 cm³/mol. The fourth-order valence-electron chi connectivity index (χ4n) is 2.46. The zero-order valence-electron chi connectivity index (χ0n) is 12.5. The summed E-state index contributed by atoms with van der Waals surface area (Å²) >= 11 is 3.45. The molecule has 1 amide bonds. The topological polar surface area (TPSA) is 41.6 Å². The van der Waals surface area contributed by atoms with Crippen LogP contribution in [0, 0.1) is 0 Å². The minimum Gasteiger partial charge on any atom is -0.378 e. The summed E-state index contributed by atoms with van der Waals surface area (Å²) in [5, 5.41) is 3.30. The van der Waals surface area contributed by atoms with Gasteiger partial charge in [-0.1, -0.05) is 28.1 Å². The number of carbonyl (C=O) groups is 1. The molecule has 1 N–H and O–H groups in total. The van der Waals surface area contributed by atoms with E-state index >= 15 is 0 Å². The molecule has 0 saturated carbocycles. The maximum Gasteiger partial charge on any atom is 0.224 e. The van der Waals surface area contributed by atoms with E-state index in [4.69, 9.17) is 4.74 Å². The van der Waals surface area contributed by atoms with Crippen molar-refractivity contribution in [1.82, 2.24) is 10.2 Å². The molecule has 1 saturated heterocycles. The van der Waals surface area contributed by atoms with Gasteiger partial charge in [-0.3, -0.25) is 4.79 Å². The summed E-state index contributed by atoms with van der Waals surface area (Å²) < 4.78 is 6.82. The lowest BCUT2D eigenvalue weighted by Crippen LogP contribution is -2.33. The van der Waals surface area contributed by atoms with E-state index in [9.17, 15) is 4.79 Å². The van der Waals surface area contributed by atoms with E-state index in [0.29, 0.717) is 25.7 Å². The van der Waals surface area contributed by atoms with Crippen molar-refractivity contribution >= 4 is 21.8 Å². The minimum atomic E-state index is 0.129. The van der Waals surface area contributed by atoms with E-state index in [1.165, 1.54) is 0 Å². The van der Waals surface area contributed by atoms with Gasteiger partial charge in [-0.15, -0.1) is 0 Å². The third kappa shape index (κ3) is 5.77. The number of piperidine rings is 1. The van der Waals surface area contributed by atoms with Crippen molar-refractivity contribution in [3.63, 3.8) is 0 Å². The average molecular weight is 355 g/mol. The van der Waals surface area contributed by atoms with Gasteiger partial charge in [-0.25, -0.2) is 0 Å². The summed E-state index contributed by atoms with van der Waals surface area (Å²) in [6.45, 7) is 3.18. The third-order valence-corrected chi connectivity index (χ3v) is 4.18. The van der Waals surface area contributed by atoms with Crippen LogP contribution in [-0.4, -0.2) is 43.7 Å². The minimum absolute atomic E-state index is 0.129. The van der Waals surface area contributed by atoms with E-state index in [1.54, 1.807) is 4.90 Å². The summed E-state index contributed by atoms with van der Waals surface area (Å²) in [6.07, 6.45) is 2.85. The van der Waals surface area contributed by atoms with Crippen LogP contribution in [0.25, 0.3) is 0 Å². The molecule has 1 fully saturated rings. The first-order valence-electron chi connectivity index (χ1n) is 7.46. The Morgan fingerprint density at radius 3 is 2.90 bits per heavy atom. The van der Waals surface area contributed by atoms with Crippen LogP contribution in [-0.2, 0) is 16.1 Å². The van der Waals surface area contributed by atoms with Crippen LogP contribution in [0.2, 0.25) is 0 Å². The first-order valence-corrected chi connectivity index (χ1v) is 8.25. The number of rotatable bonds is 6. The maximum atomic E-state index is 12.1. The first kappa shape index (κ1) is 16.5. The van der Waals surface area contributed by atoms with Crippen LogP contribution >= 0.6 is 15.9 Å². The van der Waals surface area contributed by atoms with Crippen LogP contribution < -0.4 is 5.32 Å². The molecule has 0 spiro atoms. The van der Waals surface area contributed by atoms with Gasteiger partial charge in [-0.05, 0) is 43.6 Å². The number of hydrogen-bond donors (Lipinski definition) is 1. The van der Waals surface area contributed by atoms with Crippen molar-refractivity contribution in [1.29, 1.82) is 0 Å². The van der Waals surface area contributed by atoms with Gasteiger partial charge in [0.2, 0.25) is 5.91 Å². The highest BCUT2D eigenvalue weighted by molar-refractivity contribution is 9.10. The first-order chi connectivity index (χ1) is 10.1. The number of amides is 1. The van der Waals surface area contributed by atoms with Gasteiger partial charge in [0.25, 0.3) is 0 Å². The van der Waals surface area contributed by atoms with Gasteiger partial charge < -0.3 is 15.0 Å². The highest BCUT2D eigenvalue weighted by Gasteiger charge is 2.15. The quantitative estimate of drug-likeness (QED) is 0.853. The van der Waals surface area contributed by atoms with Gasteiger partial charge >= 0.3 is 0 Å². The van der Waals surface area contributed by atoms with Crippen LogP contribution in [0.5, 0.6) is 0 Å². The van der Waals surface area contributed by atoms with Crippen LogP contribution in [0.3, 0.4) is 0 Å². The molecule has 0 unspecified atom stereocenters. The second-order valence-electron chi connectivity index (χ2n) is 5.45. The fourth-order valence-corrected chi connectivity index (χ4v) is 2.91. The summed E-state index contributed by atoms with van der Waals surface area (Å²) in [5.74, 6) is 0.129. The fraction of sp³-hybridized carbons (Fsp3) is 0.562. The molecule has 2 rings (SSSR count). The summed E-state index contributed by atoms with van der Waals surface area (Å²) in [7, 11) is 1.84. The highest BCUT2D eigenvalue weighted by atomic mass is 79.9. The van der Waals surface area contributed by atoms with Gasteiger partial charge in [0.1, 0.15) is 0 Å². The normalized spacial score (nSPS) is 15.9. The number of carbonyl (C=O) groups excluding carboxylic acids is 1. The van der Waals surface area contributed by atoms with E-state index in [-0.39, 0.29) is 5.91 Å². The molecule has 1 heterocycles. The Kier molecular flexibility index (Phi) is 6.67. The largest absolute Gasteiger partial charge is 0.378 e. The van der Waals surface area contributed by atoms with Crippen molar-refractivity contribution in [2.75, 3.05) is 26.7 Å². The second-order valence-corrected chi connectivity index (χ2v) is 6.37. The molecule has 0 aliphatic carbocycles. The number of benzene rings is 1. The van der Waals surface area contributed by atoms with Crippen LogP contribution in [0.15, 0.2) is 28.7 Å². The Labute approximate surface area is 135 Å². The van der Waals surface area contributed by atoms with Crippen molar-refractivity contribution in [2.45, 2.75) is 31.9 Å². The van der Waals surface area contributed by atoms with Gasteiger partial charge in [0.05, 0.1) is 19.1 Å². The molecular weight excluding hydrogens is 332 g/mol. The molecule has 21 heavy (non-hydrogen) atoms. The molecule has 0 radical (unpaired) electrons. The van der Waals surface area contributed by atoms with Crippen molar-refractivity contribution in [3.8, 4) is 0 Å². The molecule has 0 aromatic heterocycles. The monoisotopic (exact) mass is 354 g/mol. The van der Waals surface area contributed by atoms with Crippen molar-refractivity contribution in [3.05, 3.63) is 34.3 Å². The molecule has 0 atom stereocenters. The molecule has 4 nitrogen and oxygen atoms in total. The number of hydrogen-bond acceptors (Lipinski definition) is 3. The molecule has 0 bridgehead atoms. The second kappa shape index (κ2) is 8.51.